The molecule has 0 aromatic heterocycles. The Kier molecular flexibility index (Phi) is 4.99. The second kappa shape index (κ2) is 7.03. The first-order chi connectivity index (χ1) is 11.9. The summed E-state index contributed by atoms with van der Waals surface area (Å²) in [5.74, 6) is 0. The van der Waals surface area contributed by atoms with E-state index >= 15 is 0 Å². The van der Waals surface area contributed by atoms with Gasteiger partial charge in [-0.1, -0.05) is 30.3 Å². The van der Waals surface area contributed by atoms with Gasteiger partial charge < -0.3 is 10.0 Å². The van der Waals surface area contributed by atoms with Crippen LogP contribution in [0, 0.1) is 0 Å². The molecule has 25 heavy (non-hydrogen) atoms. The molecule has 0 aliphatic carbocycles. The number of nitrogens with zero attached hydrogens (tertiary/aromatic N) is 3. The van der Waals surface area contributed by atoms with Crippen LogP contribution in [0.3, 0.4) is 0 Å². The SMILES string of the molecule is CN(C)C[C@H](O)CCN1c2ccccc2N(c2ccccc2)S1(=O)=O. The Morgan fingerprint density at radius 3 is 2.24 bits per heavy atom. The maximum atomic E-state index is 13.1. The average molecular weight is 361 g/mol. The summed E-state index contributed by atoms with van der Waals surface area (Å²) >= 11 is 0. The smallest absolute Gasteiger partial charge is 0.330 e. The number of hydrogen-bond acceptors (Lipinski definition) is 4. The van der Waals surface area contributed by atoms with E-state index in [-0.39, 0.29) is 6.54 Å². The van der Waals surface area contributed by atoms with E-state index in [1.807, 2.05) is 49.3 Å². The molecule has 0 radical (unpaired) electrons. The fraction of sp³-hybridized carbons (Fsp3) is 0.333. The summed E-state index contributed by atoms with van der Waals surface area (Å²) in [6.07, 6.45) is -0.211. The van der Waals surface area contributed by atoms with E-state index in [2.05, 4.69) is 0 Å². The van der Waals surface area contributed by atoms with Gasteiger partial charge in [-0.25, -0.2) is 4.31 Å². The van der Waals surface area contributed by atoms with E-state index in [4.69, 9.17) is 0 Å². The van der Waals surface area contributed by atoms with E-state index in [1.165, 1.54) is 8.61 Å². The van der Waals surface area contributed by atoms with Crippen molar-refractivity contribution in [3.05, 3.63) is 54.6 Å². The quantitative estimate of drug-likeness (QED) is 0.857. The Morgan fingerprint density at radius 1 is 1.00 bits per heavy atom. The molecule has 1 aliphatic heterocycles. The maximum absolute atomic E-state index is 13.1. The van der Waals surface area contributed by atoms with Gasteiger partial charge in [-0.15, -0.1) is 0 Å². The van der Waals surface area contributed by atoms with E-state index in [0.29, 0.717) is 30.0 Å². The first-order valence-corrected chi connectivity index (χ1v) is 9.61. The summed E-state index contributed by atoms with van der Waals surface area (Å²) in [5.41, 5.74) is 1.88. The minimum atomic E-state index is -3.72. The molecule has 1 aliphatic rings. The van der Waals surface area contributed by atoms with Crippen LogP contribution < -0.4 is 8.61 Å². The summed E-state index contributed by atoms with van der Waals surface area (Å²) < 4.78 is 29.0. The molecule has 1 heterocycles. The monoisotopic (exact) mass is 361 g/mol. The lowest BCUT2D eigenvalue weighted by Gasteiger charge is -2.23. The first kappa shape index (κ1) is 17.7. The third-order valence-corrected chi connectivity index (χ3v) is 5.92. The third-order valence-electron chi connectivity index (χ3n) is 4.11. The summed E-state index contributed by atoms with van der Waals surface area (Å²) in [6.45, 7) is 0.732. The Labute approximate surface area is 149 Å². The van der Waals surface area contributed by atoms with E-state index in [9.17, 15) is 13.5 Å². The normalized spacial score (nSPS) is 17.0. The number of fused-ring (bicyclic) bond motifs is 1. The van der Waals surface area contributed by atoms with Crippen LogP contribution in [-0.4, -0.2) is 51.7 Å². The lowest BCUT2D eigenvalue weighted by Crippen LogP contribution is -2.38. The van der Waals surface area contributed by atoms with Crippen LogP contribution in [0.1, 0.15) is 6.42 Å². The first-order valence-electron chi connectivity index (χ1n) is 8.21. The van der Waals surface area contributed by atoms with Gasteiger partial charge in [-0.3, -0.25) is 4.31 Å². The molecule has 0 bridgehead atoms. The molecular formula is C18H23N3O3S. The van der Waals surface area contributed by atoms with Crippen molar-refractivity contribution in [2.75, 3.05) is 35.8 Å². The van der Waals surface area contributed by atoms with Crippen molar-refractivity contribution in [1.29, 1.82) is 0 Å². The molecular weight excluding hydrogens is 338 g/mol. The zero-order valence-corrected chi connectivity index (χ0v) is 15.2. The average Bonchev–Trinajstić information content (AvgIpc) is 2.79. The van der Waals surface area contributed by atoms with Gasteiger partial charge in [0.2, 0.25) is 0 Å². The molecule has 2 aromatic rings. The summed E-state index contributed by atoms with van der Waals surface area (Å²) in [6, 6.07) is 16.3. The largest absolute Gasteiger partial charge is 0.392 e. The highest BCUT2D eigenvalue weighted by molar-refractivity contribution is 7.95. The van der Waals surface area contributed by atoms with Crippen molar-refractivity contribution in [1.82, 2.24) is 4.90 Å². The van der Waals surface area contributed by atoms with Gasteiger partial charge in [0.05, 0.1) is 23.2 Å². The minimum Gasteiger partial charge on any atom is -0.392 e. The number of likely N-dealkylation sites (N-methyl/N-ethyl adjacent to an activating group) is 1. The minimum absolute atomic E-state index is 0.234. The molecule has 3 rings (SSSR count). The molecule has 0 unspecified atom stereocenters. The molecule has 2 aromatic carbocycles. The zero-order chi connectivity index (χ0) is 18.0. The number of rotatable bonds is 6. The van der Waals surface area contributed by atoms with Crippen molar-refractivity contribution >= 4 is 27.3 Å². The lowest BCUT2D eigenvalue weighted by atomic mass is 10.2. The van der Waals surface area contributed by atoms with E-state index < -0.39 is 16.3 Å². The van der Waals surface area contributed by atoms with Crippen molar-refractivity contribution in [2.45, 2.75) is 12.5 Å². The van der Waals surface area contributed by atoms with Crippen molar-refractivity contribution in [3.63, 3.8) is 0 Å². The highest BCUT2D eigenvalue weighted by Gasteiger charge is 2.40. The fourth-order valence-electron chi connectivity index (χ4n) is 3.04. The fourth-order valence-corrected chi connectivity index (χ4v) is 4.77. The number of hydrogen-bond donors (Lipinski definition) is 1. The maximum Gasteiger partial charge on any atom is 0.330 e. The molecule has 0 spiro atoms. The predicted molar refractivity (Wildman–Crippen MR) is 100 cm³/mol. The second-order valence-corrected chi connectivity index (χ2v) is 8.07. The van der Waals surface area contributed by atoms with Gasteiger partial charge in [0.25, 0.3) is 0 Å². The van der Waals surface area contributed by atoms with Gasteiger partial charge in [-0.2, -0.15) is 8.42 Å². The van der Waals surface area contributed by atoms with Crippen LogP contribution >= 0.6 is 0 Å². The topological polar surface area (TPSA) is 64.1 Å². The number of aliphatic hydroxyl groups is 1. The summed E-state index contributed by atoms with van der Waals surface area (Å²) in [4.78, 5) is 1.88. The highest BCUT2D eigenvalue weighted by atomic mass is 32.2. The van der Waals surface area contributed by atoms with Gasteiger partial charge in [0.1, 0.15) is 0 Å². The van der Waals surface area contributed by atoms with Crippen LogP contribution in [0.25, 0.3) is 0 Å². The molecule has 1 atom stereocenters. The standard InChI is InChI=1S/C18H23N3O3S/c1-19(2)14-16(22)12-13-20-17-10-6-7-11-18(17)21(25(20,23)24)15-8-4-3-5-9-15/h3-11,16,22H,12-14H2,1-2H3/t16-/m1/s1. The number of aliphatic hydroxyl groups excluding tert-OH is 1. The second-order valence-electron chi connectivity index (χ2n) is 6.37. The zero-order valence-electron chi connectivity index (χ0n) is 14.4. The molecule has 6 nitrogen and oxygen atoms in total. The number of benzene rings is 2. The molecule has 134 valence electrons. The van der Waals surface area contributed by atoms with E-state index in [1.54, 1.807) is 24.3 Å². The van der Waals surface area contributed by atoms with Crippen LogP contribution in [0.2, 0.25) is 0 Å². The Balaban J connectivity index is 1.92. The van der Waals surface area contributed by atoms with Gasteiger partial charge in [-0.05, 0) is 44.8 Å². The lowest BCUT2D eigenvalue weighted by molar-refractivity contribution is 0.131. The summed E-state index contributed by atoms with van der Waals surface area (Å²) in [5, 5.41) is 10.1. The summed E-state index contributed by atoms with van der Waals surface area (Å²) in [7, 11) is 0.0322. The van der Waals surface area contributed by atoms with E-state index in [0.717, 1.165) is 0 Å². The van der Waals surface area contributed by atoms with Gasteiger partial charge in [0.15, 0.2) is 0 Å². The van der Waals surface area contributed by atoms with Gasteiger partial charge in [0, 0.05) is 13.1 Å². The number of anilines is 3. The molecule has 7 heteroatoms. The molecule has 1 N–H and O–H groups in total. The molecule has 0 fully saturated rings. The number of para-hydroxylation sites is 3. The van der Waals surface area contributed by atoms with Crippen molar-refractivity contribution < 1.29 is 13.5 Å². The highest BCUT2D eigenvalue weighted by Crippen LogP contribution is 2.45. The van der Waals surface area contributed by atoms with Crippen LogP contribution in [0.4, 0.5) is 17.1 Å². The van der Waals surface area contributed by atoms with Crippen LogP contribution in [-0.2, 0) is 10.2 Å². The molecule has 0 saturated heterocycles. The molecule has 0 amide bonds. The Hall–Kier alpha value is -2.09. The Bertz CT molecular complexity index is 824. The van der Waals surface area contributed by atoms with Crippen molar-refractivity contribution in [2.24, 2.45) is 0 Å². The Morgan fingerprint density at radius 2 is 1.60 bits per heavy atom. The van der Waals surface area contributed by atoms with Crippen LogP contribution in [0.5, 0.6) is 0 Å². The molecule has 0 saturated carbocycles. The third kappa shape index (κ3) is 3.49. The van der Waals surface area contributed by atoms with Crippen LogP contribution in [0.15, 0.2) is 54.6 Å². The predicted octanol–water partition coefficient (Wildman–Crippen LogP) is 2.20. The van der Waals surface area contributed by atoms with Crippen molar-refractivity contribution in [3.8, 4) is 0 Å². The van der Waals surface area contributed by atoms with Gasteiger partial charge >= 0.3 is 10.2 Å².